The van der Waals surface area contributed by atoms with Crippen LogP contribution in [0.4, 0.5) is 5.69 Å². The summed E-state index contributed by atoms with van der Waals surface area (Å²) in [6.45, 7) is 1.08. The van der Waals surface area contributed by atoms with Gasteiger partial charge in [-0.05, 0) is 42.5 Å². The molecule has 0 radical (unpaired) electrons. The minimum atomic E-state index is -0.117. The number of hydrogen-bond acceptors (Lipinski definition) is 4. The Labute approximate surface area is 181 Å². The standard InChI is InChI=1S/C25H26N2O4/c1-30-22-11-10-19(16-23(22)31-2)25(29)27-14-12-18(13-15-27)24(28)26-21-9-5-7-17-6-3-4-8-20(17)21/h3-11,16,18H,12-15H2,1-2H3,(H,26,28). The predicted molar refractivity (Wildman–Crippen MR) is 121 cm³/mol. The molecule has 3 aromatic carbocycles. The van der Waals surface area contributed by atoms with Crippen LogP contribution in [0.5, 0.6) is 11.5 Å². The predicted octanol–water partition coefficient (Wildman–Crippen LogP) is 4.35. The van der Waals surface area contributed by atoms with Gasteiger partial charge in [-0.3, -0.25) is 9.59 Å². The van der Waals surface area contributed by atoms with E-state index in [1.165, 1.54) is 0 Å². The Morgan fingerprint density at radius 2 is 1.61 bits per heavy atom. The summed E-state index contributed by atoms with van der Waals surface area (Å²) >= 11 is 0. The van der Waals surface area contributed by atoms with E-state index in [4.69, 9.17) is 9.47 Å². The number of ether oxygens (including phenoxy) is 2. The first-order chi connectivity index (χ1) is 15.1. The summed E-state index contributed by atoms with van der Waals surface area (Å²) in [4.78, 5) is 27.6. The van der Waals surface area contributed by atoms with E-state index >= 15 is 0 Å². The van der Waals surface area contributed by atoms with Crippen LogP contribution in [0.1, 0.15) is 23.2 Å². The smallest absolute Gasteiger partial charge is 0.253 e. The number of nitrogens with zero attached hydrogens (tertiary/aromatic N) is 1. The van der Waals surface area contributed by atoms with Gasteiger partial charge in [-0.2, -0.15) is 0 Å². The lowest BCUT2D eigenvalue weighted by Gasteiger charge is -2.31. The molecule has 0 spiro atoms. The molecule has 0 atom stereocenters. The molecule has 3 aromatic rings. The summed E-state index contributed by atoms with van der Waals surface area (Å²) in [5.74, 6) is 0.942. The van der Waals surface area contributed by atoms with Gasteiger partial charge in [0.1, 0.15) is 0 Å². The molecule has 1 aliphatic heterocycles. The number of carbonyl (C=O) groups excluding carboxylic acids is 2. The SMILES string of the molecule is COc1ccc(C(=O)N2CCC(C(=O)Nc3cccc4ccccc34)CC2)cc1OC. The zero-order valence-corrected chi connectivity index (χ0v) is 17.8. The van der Waals surface area contributed by atoms with E-state index in [0.29, 0.717) is 43.0 Å². The van der Waals surface area contributed by atoms with Crippen molar-refractivity contribution in [3.63, 3.8) is 0 Å². The van der Waals surface area contributed by atoms with Crippen LogP contribution in [0.25, 0.3) is 10.8 Å². The summed E-state index contributed by atoms with van der Waals surface area (Å²) in [6, 6.07) is 19.1. The van der Waals surface area contributed by atoms with Crippen LogP contribution in [0, 0.1) is 5.92 Å². The molecule has 0 aromatic heterocycles. The first-order valence-electron chi connectivity index (χ1n) is 10.4. The number of methoxy groups -OCH3 is 2. The molecular weight excluding hydrogens is 392 g/mol. The molecule has 0 saturated carbocycles. The Bertz CT molecular complexity index is 1100. The van der Waals surface area contributed by atoms with Crippen molar-refractivity contribution in [1.82, 2.24) is 4.90 Å². The van der Waals surface area contributed by atoms with Crippen LogP contribution < -0.4 is 14.8 Å². The third-order valence-electron chi connectivity index (χ3n) is 5.83. The molecule has 160 valence electrons. The number of fused-ring (bicyclic) bond motifs is 1. The van der Waals surface area contributed by atoms with Crippen molar-refractivity contribution in [3.8, 4) is 11.5 Å². The average molecular weight is 418 g/mol. The maximum absolute atomic E-state index is 12.9. The van der Waals surface area contributed by atoms with Gasteiger partial charge in [0.15, 0.2) is 11.5 Å². The van der Waals surface area contributed by atoms with Crippen LogP contribution in [0.2, 0.25) is 0 Å². The maximum atomic E-state index is 12.9. The van der Waals surface area contributed by atoms with E-state index in [1.54, 1.807) is 37.3 Å². The van der Waals surface area contributed by atoms with Crippen LogP contribution in [0.3, 0.4) is 0 Å². The second-order valence-corrected chi connectivity index (χ2v) is 7.65. The van der Waals surface area contributed by atoms with E-state index in [2.05, 4.69) is 5.32 Å². The molecule has 6 heteroatoms. The Hall–Kier alpha value is -3.54. The number of hydrogen-bond donors (Lipinski definition) is 1. The molecule has 1 aliphatic rings. The van der Waals surface area contributed by atoms with E-state index < -0.39 is 0 Å². The number of benzene rings is 3. The van der Waals surface area contributed by atoms with Crippen molar-refractivity contribution in [3.05, 3.63) is 66.2 Å². The first kappa shape index (κ1) is 20.7. The van der Waals surface area contributed by atoms with Gasteiger partial charge < -0.3 is 19.7 Å². The van der Waals surface area contributed by atoms with Crippen LogP contribution >= 0.6 is 0 Å². The number of carbonyl (C=O) groups is 2. The Kier molecular flexibility index (Phi) is 6.07. The topological polar surface area (TPSA) is 67.9 Å². The van der Waals surface area contributed by atoms with E-state index in [9.17, 15) is 9.59 Å². The molecule has 0 unspecified atom stereocenters. The lowest BCUT2D eigenvalue weighted by Crippen LogP contribution is -2.41. The van der Waals surface area contributed by atoms with Gasteiger partial charge in [-0.1, -0.05) is 36.4 Å². The van der Waals surface area contributed by atoms with Gasteiger partial charge in [0.25, 0.3) is 5.91 Å². The van der Waals surface area contributed by atoms with Crippen molar-refractivity contribution in [2.45, 2.75) is 12.8 Å². The van der Waals surface area contributed by atoms with Gasteiger partial charge in [-0.25, -0.2) is 0 Å². The summed E-state index contributed by atoms with van der Waals surface area (Å²) in [5, 5.41) is 5.21. The molecular formula is C25H26N2O4. The molecule has 1 N–H and O–H groups in total. The van der Waals surface area contributed by atoms with Gasteiger partial charge in [0.05, 0.1) is 14.2 Å². The monoisotopic (exact) mass is 418 g/mol. The fourth-order valence-electron chi connectivity index (χ4n) is 4.07. The van der Waals surface area contributed by atoms with E-state index in [0.717, 1.165) is 16.5 Å². The molecule has 0 aliphatic carbocycles. The zero-order valence-electron chi connectivity index (χ0n) is 17.8. The highest BCUT2D eigenvalue weighted by molar-refractivity contribution is 6.03. The fraction of sp³-hybridized carbons (Fsp3) is 0.280. The molecule has 31 heavy (non-hydrogen) atoms. The number of anilines is 1. The lowest BCUT2D eigenvalue weighted by atomic mass is 9.95. The average Bonchev–Trinajstić information content (AvgIpc) is 2.83. The zero-order chi connectivity index (χ0) is 21.8. The highest BCUT2D eigenvalue weighted by Gasteiger charge is 2.28. The van der Waals surface area contributed by atoms with Crippen LogP contribution in [-0.4, -0.2) is 44.0 Å². The Morgan fingerprint density at radius 3 is 2.35 bits per heavy atom. The summed E-state index contributed by atoms with van der Waals surface area (Å²) in [7, 11) is 3.11. The summed E-state index contributed by atoms with van der Waals surface area (Å²) in [5.41, 5.74) is 1.38. The number of amides is 2. The molecule has 1 heterocycles. The fourth-order valence-corrected chi connectivity index (χ4v) is 4.07. The van der Waals surface area contributed by atoms with Crippen molar-refractivity contribution >= 4 is 28.3 Å². The molecule has 1 fully saturated rings. The van der Waals surface area contributed by atoms with Crippen molar-refractivity contribution in [2.24, 2.45) is 5.92 Å². The van der Waals surface area contributed by atoms with Gasteiger partial charge in [-0.15, -0.1) is 0 Å². The summed E-state index contributed by atoms with van der Waals surface area (Å²) in [6.07, 6.45) is 1.27. The highest BCUT2D eigenvalue weighted by Crippen LogP contribution is 2.29. The third-order valence-corrected chi connectivity index (χ3v) is 5.83. The first-order valence-corrected chi connectivity index (χ1v) is 10.4. The quantitative estimate of drug-likeness (QED) is 0.669. The van der Waals surface area contributed by atoms with Gasteiger partial charge in [0, 0.05) is 35.6 Å². The third kappa shape index (κ3) is 4.33. The largest absolute Gasteiger partial charge is 0.493 e. The van der Waals surface area contributed by atoms with E-state index in [-0.39, 0.29) is 17.7 Å². The lowest BCUT2D eigenvalue weighted by molar-refractivity contribution is -0.121. The Balaban J connectivity index is 1.39. The second-order valence-electron chi connectivity index (χ2n) is 7.65. The van der Waals surface area contributed by atoms with Crippen LogP contribution in [0.15, 0.2) is 60.7 Å². The van der Waals surface area contributed by atoms with Crippen molar-refractivity contribution in [2.75, 3.05) is 32.6 Å². The number of likely N-dealkylation sites (tertiary alicyclic amines) is 1. The highest BCUT2D eigenvalue weighted by atomic mass is 16.5. The van der Waals surface area contributed by atoms with Crippen molar-refractivity contribution in [1.29, 1.82) is 0 Å². The minimum Gasteiger partial charge on any atom is -0.493 e. The van der Waals surface area contributed by atoms with Crippen molar-refractivity contribution < 1.29 is 19.1 Å². The number of piperidine rings is 1. The van der Waals surface area contributed by atoms with Gasteiger partial charge >= 0.3 is 0 Å². The van der Waals surface area contributed by atoms with E-state index in [1.807, 2.05) is 42.5 Å². The normalized spacial score (nSPS) is 14.3. The van der Waals surface area contributed by atoms with Gasteiger partial charge in [0.2, 0.25) is 5.91 Å². The number of nitrogens with one attached hydrogen (secondary N) is 1. The minimum absolute atomic E-state index is 0.00886. The molecule has 1 saturated heterocycles. The molecule has 2 amide bonds. The summed E-state index contributed by atoms with van der Waals surface area (Å²) < 4.78 is 10.5. The van der Waals surface area contributed by atoms with Crippen LogP contribution in [-0.2, 0) is 4.79 Å². The Morgan fingerprint density at radius 1 is 0.903 bits per heavy atom. The molecule has 6 nitrogen and oxygen atoms in total. The second kappa shape index (κ2) is 9.08. The maximum Gasteiger partial charge on any atom is 0.253 e. The number of rotatable bonds is 5. The molecule has 4 rings (SSSR count). The molecule has 0 bridgehead atoms.